The van der Waals surface area contributed by atoms with Crippen molar-refractivity contribution >= 4 is 42.2 Å². The van der Waals surface area contributed by atoms with Gasteiger partial charge in [-0.1, -0.05) is 0 Å². The Morgan fingerprint density at radius 2 is 2.10 bits per heavy atom. The van der Waals surface area contributed by atoms with E-state index in [1.54, 1.807) is 0 Å². The maximum absolute atomic E-state index is 10.8. The molecule has 9 heteroatoms. The topological polar surface area (TPSA) is 118 Å². The van der Waals surface area contributed by atoms with Gasteiger partial charge in [0.25, 0.3) is 5.69 Å². The van der Waals surface area contributed by atoms with Crippen molar-refractivity contribution in [3.63, 3.8) is 0 Å². The molecule has 1 atom stereocenters. The third kappa shape index (κ3) is 5.60. The Balaban J connectivity index is 0. The van der Waals surface area contributed by atoms with Gasteiger partial charge in [0.2, 0.25) is 0 Å². The largest absolute Gasteiger partial charge is 0.480 e. The molecule has 0 aliphatic rings. The molecule has 4 N–H and O–H groups in total. The van der Waals surface area contributed by atoms with E-state index in [4.69, 9.17) is 10.8 Å². The Labute approximate surface area is 128 Å². The van der Waals surface area contributed by atoms with Gasteiger partial charge < -0.3 is 16.2 Å². The van der Waals surface area contributed by atoms with Crippen molar-refractivity contribution in [3.8, 4) is 0 Å². The first kappa shape index (κ1) is 20.7. The third-order valence-electron chi connectivity index (χ3n) is 2.46. The average molecular weight is 326 g/mol. The second-order valence-electron chi connectivity index (χ2n) is 3.84. The molecule has 20 heavy (non-hydrogen) atoms. The number of nitro groups is 1. The molecule has 0 aliphatic heterocycles. The summed E-state index contributed by atoms with van der Waals surface area (Å²) in [6.07, 6.45) is 0.441. The highest BCUT2D eigenvalue weighted by molar-refractivity contribution is 5.85. The van der Waals surface area contributed by atoms with Crippen LogP contribution in [-0.2, 0) is 11.2 Å². The molecule has 0 aliphatic carbocycles. The molecular formula is C11H17Cl2N3O4. The minimum Gasteiger partial charge on any atom is -0.480 e. The number of carbonyl (C=O) groups is 1. The molecule has 0 saturated heterocycles. The zero-order valence-corrected chi connectivity index (χ0v) is 12.4. The van der Waals surface area contributed by atoms with Crippen LogP contribution in [0.15, 0.2) is 18.2 Å². The molecule has 0 radical (unpaired) electrons. The van der Waals surface area contributed by atoms with Crippen LogP contribution in [0.25, 0.3) is 0 Å². The van der Waals surface area contributed by atoms with E-state index in [1.165, 1.54) is 25.1 Å². The van der Waals surface area contributed by atoms with Gasteiger partial charge in [-0.3, -0.25) is 14.9 Å². The molecule has 7 nitrogen and oxygen atoms in total. The van der Waals surface area contributed by atoms with Crippen LogP contribution in [0.1, 0.15) is 12.5 Å². The van der Waals surface area contributed by atoms with Crippen LogP contribution >= 0.6 is 24.8 Å². The monoisotopic (exact) mass is 325 g/mol. The summed E-state index contributed by atoms with van der Waals surface area (Å²) in [4.78, 5) is 20.9. The summed E-state index contributed by atoms with van der Waals surface area (Å²) in [6.45, 7) is 1.83. The number of hydrogen-bond acceptors (Lipinski definition) is 5. The van der Waals surface area contributed by atoms with Crippen LogP contribution in [0.5, 0.6) is 0 Å². The van der Waals surface area contributed by atoms with Gasteiger partial charge in [0.15, 0.2) is 0 Å². The Bertz CT molecular complexity index is 471. The molecular weight excluding hydrogens is 309 g/mol. The Morgan fingerprint density at radius 1 is 1.50 bits per heavy atom. The van der Waals surface area contributed by atoms with Crippen molar-refractivity contribution < 1.29 is 14.8 Å². The molecule has 0 unspecified atom stereocenters. The van der Waals surface area contributed by atoms with Gasteiger partial charge in [-0.05, 0) is 31.5 Å². The first-order valence-electron chi connectivity index (χ1n) is 5.42. The van der Waals surface area contributed by atoms with E-state index >= 15 is 0 Å². The van der Waals surface area contributed by atoms with Crippen LogP contribution in [0.4, 0.5) is 11.4 Å². The van der Waals surface area contributed by atoms with Crippen molar-refractivity contribution in [2.45, 2.75) is 19.4 Å². The summed E-state index contributed by atoms with van der Waals surface area (Å²) in [5, 5.41) is 22.3. The highest BCUT2D eigenvalue weighted by atomic mass is 35.5. The third-order valence-corrected chi connectivity index (χ3v) is 2.46. The highest BCUT2D eigenvalue weighted by Crippen LogP contribution is 2.23. The molecule has 1 rings (SSSR count). The van der Waals surface area contributed by atoms with Gasteiger partial charge in [-0.2, -0.15) is 0 Å². The standard InChI is InChI=1S/C11H15N3O4.2ClH/c1-7(11(15)16)13-10-3-2-9(14(17)18)6-8(10)4-5-12;;/h2-3,6-7,13H,4-5,12H2,1H3,(H,15,16);2*1H/t7-;;/m0../s1. The van der Waals surface area contributed by atoms with Crippen LogP contribution in [0.3, 0.4) is 0 Å². The molecule has 0 spiro atoms. The molecule has 0 saturated carbocycles. The first-order chi connectivity index (χ1) is 8.45. The van der Waals surface area contributed by atoms with E-state index in [2.05, 4.69) is 5.32 Å². The molecule has 0 fully saturated rings. The summed E-state index contributed by atoms with van der Waals surface area (Å²) in [5.41, 5.74) is 6.59. The number of rotatable bonds is 6. The number of nitro benzene ring substituents is 1. The number of nitrogens with two attached hydrogens (primary N) is 1. The normalized spacial score (nSPS) is 10.7. The predicted molar refractivity (Wildman–Crippen MR) is 81.1 cm³/mol. The SMILES string of the molecule is C[C@H](Nc1ccc([N+](=O)[O-])cc1CCN)C(=O)O.Cl.Cl. The number of benzene rings is 1. The summed E-state index contributed by atoms with van der Waals surface area (Å²) >= 11 is 0. The summed E-state index contributed by atoms with van der Waals surface area (Å²) in [6, 6.07) is 3.46. The smallest absolute Gasteiger partial charge is 0.325 e. The number of hydrogen-bond donors (Lipinski definition) is 3. The first-order valence-corrected chi connectivity index (χ1v) is 5.42. The average Bonchev–Trinajstić information content (AvgIpc) is 2.31. The summed E-state index contributed by atoms with van der Waals surface area (Å²) < 4.78 is 0. The van der Waals surface area contributed by atoms with Gasteiger partial charge in [-0.15, -0.1) is 24.8 Å². The van der Waals surface area contributed by atoms with Crippen molar-refractivity contribution in [2.24, 2.45) is 5.73 Å². The van der Waals surface area contributed by atoms with E-state index < -0.39 is 16.9 Å². The van der Waals surface area contributed by atoms with Crippen molar-refractivity contribution in [2.75, 3.05) is 11.9 Å². The Hall–Kier alpha value is -1.57. The van der Waals surface area contributed by atoms with E-state index in [-0.39, 0.29) is 30.5 Å². The van der Waals surface area contributed by atoms with Crippen molar-refractivity contribution in [3.05, 3.63) is 33.9 Å². The maximum Gasteiger partial charge on any atom is 0.325 e. The number of nitrogens with one attached hydrogen (secondary N) is 1. The minimum absolute atomic E-state index is 0. The number of non-ortho nitro benzene ring substituents is 1. The van der Waals surface area contributed by atoms with E-state index in [1.807, 2.05) is 0 Å². The summed E-state index contributed by atoms with van der Waals surface area (Å²) in [7, 11) is 0. The summed E-state index contributed by atoms with van der Waals surface area (Å²) in [5.74, 6) is -0.993. The van der Waals surface area contributed by atoms with E-state index in [9.17, 15) is 14.9 Å². The molecule has 0 amide bonds. The second kappa shape index (κ2) is 9.35. The quantitative estimate of drug-likeness (QED) is 0.542. The molecule has 1 aromatic rings. The zero-order valence-electron chi connectivity index (χ0n) is 10.7. The van der Waals surface area contributed by atoms with Gasteiger partial charge in [0.1, 0.15) is 6.04 Å². The van der Waals surface area contributed by atoms with Gasteiger partial charge in [-0.25, -0.2) is 0 Å². The molecule has 114 valence electrons. The fourth-order valence-electron chi connectivity index (χ4n) is 1.49. The Kier molecular flexibility index (Phi) is 9.70. The van der Waals surface area contributed by atoms with Crippen LogP contribution < -0.4 is 11.1 Å². The maximum atomic E-state index is 10.8. The number of carboxylic acid groups (broad SMARTS) is 1. The number of carboxylic acids is 1. The fraction of sp³-hybridized carbons (Fsp3) is 0.364. The highest BCUT2D eigenvalue weighted by Gasteiger charge is 2.15. The van der Waals surface area contributed by atoms with Gasteiger partial charge >= 0.3 is 5.97 Å². The van der Waals surface area contributed by atoms with Gasteiger partial charge in [0.05, 0.1) is 4.92 Å². The zero-order chi connectivity index (χ0) is 13.7. The van der Waals surface area contributed by atoms with Crippen LogP contribution in [0.2, 0.25) is 0 Å². The number of halogens is 2. The number of aliphatic carboxylic acids is 1. The van der Waals surface area contributed by atoms with E-state index in [0.29, 0.717) is 24.2 Å². The lowest BCUT2D eigenvalue weighted by molar-refractivity contribution is -0.384. The van der Waals surface area contributed by atoms with Crippen molar-refractivity contribution in [1.82, 2.24) is 0 Å². The predicted octanol–water partition coefficient (Wildman–Crippen LogP) is 1.82. The van der Waals surface area contributed by atoms with Crippen molar-refractivity contribution in [1.29, 1.82) is 0 Å². The Morgan fingerprint density at radius 3 is 2.55 bits per heavy atom. The molecule has 0 bridgehead atoms. The lowest BCUT2D eigenvalue weighted by Gasteiger charge is -2.14. The molecule has 0 aromatic heterocycles. The van der Waals surface area contributed by atoms with Gasteiger partial charge in [0, 0.05) is 17.8 Å². The minimum atomic E-state index is -0.993. The van der Waals surface area contributed by atoms with Crippen LogP contribution in [0, 0.1) is 10.1 Å². The lowest BCUT2D eigenvalue weighted by atomic mass is 10.1. The van der Waals surface area contributed by atoms with Crippen LogP contribution in [-0.4, -0.2) is 28.6 Å². The molecule has 0 heterocycles. The molecule has 1 aromatic carbocycles. The second-order valence-corrected chi connectivity index (χ2v) is 3.84. The van der Waals surface area contributed by atoms with E-state index in [0.717, 1.165) is 0 Å². The number of nitrogens with zero attached hydrogens (tertiary/aromatic N) is 1. The fourth-order valence-corrected chi connectivity index (χ4v) is 1.49. The lowest BCUT2D eigenvalue weighted by Crippen LogP contribution is -2.26. The number of anilines is 1.